The Labute approximate surface area is 285 Å². The van der Waals surface area contributed by atoms with Crippen LogP contribution < -0.4 is 24.8 Å². The number of carbonyl (C=O) groups excluding carboxylic acids is 2. The Morgan fingerprint density at radius 1 is 0.898 bits per heavy atom. The normalized spacial score (nSPS) is 14.2. The van der Waals surface area contributed by atoms with Gasteiger partial charge in [0.25, 0.3) is 11.6 Å². The van der Waals surface area contributed by atoms with Gasteiger partial charge in [0, 0.05) is 18.5 Å². The molecule has 0 radical (unpaired) electrons. The Balaban J connectivity index is 1.25. The molecule has 0 aromatic heterocycles. The van der Waals surface area contributed by atoms with Crippen LogP contribution in [0.5, 0.6) is 17.2 Å². The molecule has 0 saturated heterocycles. The molecule has 5 rings (SSSR count). The van der Waals surface area contributed by atoms with Crippen molar-refractivity contribution in [3.05, 3.63) is 118 Å². The van der Waals surface area contributed by atoms with Gasteiger partial charge in [-0.05, 0) is 72.5 Å². The molecule has 256 valence electrons. The fourth-order valence-corrected chi connectivity index (χ4v) is 6.05. The number of amides is 2. The topological polar surface area (TPSA) is 186 Å². The number of hydrogen-bond donors (Lipinski definition) is 2. The SMILES string of the molecule is NC(=O)O[C@@H](Cc1ccc(OCc2ccc(Oc3ccccc3)cc2)cc1)C(=O)N(c1ccc(NC2CCCCC2)c([N+](=O)[O-])c1)S(=O)[O-]. The lowest BCUT2D eigenvalue weighted by Gasteiger charge is -2.28. The van der Waals surface area contributed by atoms with Crippen molar-refractivity contribution in [1.29, 1.82) is 0 Å². The first-order valence-electron chi connectivity index (χ1n) is 15.6. The molecule has 14 heteroatoms. The van der Waals surface area contributed by atoms with Crippen molar-refractivity contribution in [2.24, 2.45) is 5.73 Å². The van der Waals surface area contributed by atoms with E-state index in [9.17, 15) is 28.5 Å². The first-order valence-corrected chi connectivity index (χ1v) is 16.7. The largest absolute Gasteiger partial charge is 0.755 e. The van der Waals surface area contributed by atoms with Gasteiger partial charge in [0.05, 0.1) is 21.9 Å². The van der Waals surface area contributed by atoms with Gasteiger partial charge in [-0.2, -0.15) is 0 Å². The predicted octanol–water partition coefficient (Wildman–Crippen LogP) is 6.54. The molecule has 4 aromatic rings. The predicted molar refractivity (Wildman–Crippen MR) is 182 cm³/mol. The number of nitro benzene ring substituents is 1. The number of nitrogens with zero attached hydrogens (tertiary/aromatic N) is 2. The first kappa shape index (κ1) is 34.9. The second-order valence-electron chi connectivity index (χ2n) is 11.4. The van der Waals surface area contributed by atoms with E-state index in [0.29, 0.717) is 21.4 Å². The van der Waals surface area contributed by atoms with Gasteiger partial charge >= 0.3 is 6.09 Å². The Morgan fingerprint density at radius 2 is 1.53 bits per heavy atom. The molecule has 1 aliphatic rings. The molecule has 3 N–H and O–H groups in total. The Bertz CT molecular complexity index is 1770. The van der Waals surface area contributed by atoms with E-state index >= 15 is 0 Å². The molecule has 1 fully saturated rings. The van der Waals surface area contributed by atoms with Crippen LogP contribution in [0, 0.1) is 10.1 Å². The average molecular weight is 688 g/mol. The lowest BCUT2D eigenvalue weighted by Crippen LogP contribution is -2.44. The number of ether oxygens (including phenoxy) is 3. The summed E-state index contributed by atoms with van der Waals surface area (Å²) in [6, 6.07) is 27.1. The number of nitrogens with one attached hydrogen (secondary N) is 1. The van der Waals surface area contributed by atoms with Crippen molar-refractivity contribution >= 4 is 40.3 Å². The van der Waals surface area contributed by atoms with Crippen LogP contribution in [-0.2, 0) is 33.8 Å². The van der Waals surface area contributed by atoms with Gasteiger partial charge in [-0.25, -0.2) is 9.10 Å². The molecular formula is C35H35N4O9S-. The third-order valence-electron chi connectivity index (χ3n) is 7.91. The highest BCUT2D eigenvalue weighted by atomic mass is 32.2. The van der Waals surface area contributed by atoms with E-state index in [0.717, 1.165) is 49.5 Å². The molecule has 1 saturated carbocycles. The smallest absolute Gasteiger partial charge is 0.405 e. The number of anilines is 2. The number of nitrogens with two attached hydrogens (primary N) is 1. The van der Waals surface area contributed by atoms with Crippen LogP contribution >= 0.6 is 0 Å². The molecule has 0 bridgehead atoms. The van der Waals surface area contributed by atoms with Gasteiger partial charge in [0.1, 0.15) is 29.5 Å². The number of para-hydroxylation sites is 1. The molecule has 0 heterocycles. The minimum absolute atomic E-state index is 0.0432. The van der Waals surface area contributed by atoms with Gasteiger partial charge < -0.3 is 29.8 Å². The van der Waals surface area contributed by atoms with Crippen molar-refractivity contribution in [2.45, 2.75) is 57.3 Å². The molecule has 13 nitrogen and oxygen atoms in total. The molecule has 0 aliphatic heterocycles. The van der Waals surface area contributed by atoms with Crippen LogP contribution in [0.4, 0.5) is 21.9 Å². The minimum Gasteiger partial charge on any atom is -0.755 e. The van der Waals surface area contributed by atoms with Crippen molar-refractivity contribution in [3.8, 4) is 17.2 Å². The average Bonchev–Trinajstić information content (AvgIpc) is 3.09. The highest BCUT2D eigenvalue weighted by molar-refractivity contribution is 7.81. The van der Waals surface area contributed by atoms with E-state index in [1.807, 2.05) is 54.6 Å². The summed E-state index contributed by atoms with van der Waals surface area (Å²) in [7, 11) is 0. The summed E-state index contributed by atoms with van der Waals surface area (Å²) in [5.74, 6) is 0.770. The van der Waals surface area contributed by atoms with E-state index in [2.05, 4.69) is 5.32 Å². The lowest BCUT2D eigenvalue weighted by molar-refractivity contribution is -0.383. The number of rotatable bonds is 14. The summed E-state index contributed by atoms with van der Waals surface area (Å²) in [5.41, 5.74) is 6.15. The number of benzene rings is 4. The zero-order chi connectivity index (χ0) is 34.8. The van der Waals surface area contributed by atoms with E-state index in [1.54, 1.807) is 24.3 Å². The van der Waals surface area contributed by atoms with Gasteiger partial charge in [0.15, 0.2) is 6.10 Å². The summed E-state index contributed by atoms with van der Waals surface area (Å²) in [4.78, 5) is 36.6. The second kappa shape index (κ2) is 16.6. The Hall–Kier alpha value is -5.47. The third kappa shape index (κ3) is 9.78. The summed E-state index contributed by atoms with van der Waals surface area (Å²) in [6.07, 6.45) is 1.61. The maximum Gasteiger partial charge on any atom is 0.405 e. The van der Waals surface area contributed by atoms with Crippen molar-refractivity contribution in [3.63, 3.8) is 0 Å². The second-order valence-corrected chi connectivity index (χ2v) is 12.2. The minimum atomic E-state index is -3.22. The van der Waals surface area contributed by atoms with Crippen LogP contribution in [0.1, 0.15) is 43.2 Å². The standard InChI is InChI=1S/C35H36N4O9S/c36-35(41)48-33(34(40)38(49(44)45)27-15-20-31(32(22-27)39(42)43)37-26-7-3-1-4-8-26)21-24-11-16-28(17-12-24)46-23-25-13-18-30(19-14-25)47-29-9-5-2-6-10-29/h2,5-6,9-20,22,26,33,37H,1,3-4,7-8,21,23H2,(H2,36,41)(H,44,45)/p-1/t33-/m0/s1. The van der Waals surface area contributed by atoms with Crippen molar-refractivity contribution in [1.82, 2.24) is 0 Å². The fourth-order valence-electron chi connectivity index (χ4n) is 5.50. The van der Waals surface area contributed by atoms with Gasteiger partial charge in [0.2, 0.25) is 0 Å². The summed E-state index contributed by atoms with van der Waals surface area (Å²) < 4.78 is 41.7. The van der Waals surface area contributed by atoms with Crippen molar-refractivity contribution in [2.75, 3.05) is 9.62 Å². The molecular weight excluding hydrogens is 652 g/mol. The van der Waals surface area contributed by atoms with Crippen LogP contribution in [0.3, 0.4) is 0 Å². The fraction of sp³-hybridized carbons (Fsp3) is 0.257. The molecule has 1 unspecified atom stereocenters. The summed E-state index contributed by atoms with van der Waals surface area (Å²) in [6.45, 7) is 0.266. The summed E-state index contributed by atoms with van der Waals surface area (Å²) >= 11 is -3.22. The van der Waals surface area contributed by atoms with Crippen LogP contribution in [0.15, 0.2) is 97.1 Å². The lowest BCUT2D eigenvalue weighted by atomic mass is 9.95. The molecule has 1 aliphatic carbocycles. The Morgan fingerprint density at radius 3 is 2.16 bits per heavy atom. The number of nitro groups is 1. The first-order chi connectivity index (χ1) is 23.7. The molecule has 0 spiro atoms. The zero-order valence-electron chi connectivity index (χ0n) is 26.4. The monoisotopic (exact) mass is 687 g/mol. The van der Waals surface area contributed by atoms with E-state index in [4.69, 9.17) is 19.9 Å². The third-order valence-corrected chi connectivity index (χ3v) is 8.60. The van der Waals surface area contributed by atoms with Crippen LogP contribution in [0.2, 0.25) is 0 Å². The quantitative estimate of drug-likeness (QED) is 0.0837. The van der Waals surface area contributed by atoms with Crippen LogP contribution in [-0.4, -0.2) is 37.8 Å². The zero-order valence-corrected chi connectivity index (χ0v) is 27.2. The van der Waals surface area contributed by atoms with Gasteiger partial charge in [-0.15, -0.1) is 0 Å². The van der Waals surface area contributed by atoms with E-state index < -0.39 is 40.0 Å². The number of carbonyl (C=O) groups is 2. The van der Waals surface area contributed by atoms with Crippen LogP contribution in [0.25, 0.3) is 0 Å². The molecule has 49 heavy (non-hydrogen) atoms. The van der Waals surface area contributed by atoms with Gasteiger partial charge in [-0.1, -0.05) is 61.7 Å². The molecule has 2 atom stereocenters. The van der Waals surface area contributed by atoms with Gasteiger partial charge in [-0.3, -0.25) is 19.1 Å². The summed E-state index contributed by atoms with van der Waals surface area (Å²) in [5, 5.41) is 15.1. The van der Waals surface area contributed by atoms with Crippen molar-refractivity contribution < 1.29 is 37.5 Å². The number of primary amides is 1. The highest BCUT2D eigenvalue weighted by Gasteiger charge is 2.31. The van der Waals surface area contributed by atoms with E-state index in [1.165, 1.54) is 12.1 Å². The molecule has 2 amide bonds. The highest BCUT2D eigenvalue weighted by Crippen LogP contribution is 2.33. The molecule has 4 aromatic carbocycles. The number of hydrogen-bond acceptors (Lipinski definition) is 10. The van der Waals surface area contributed by atoms with E-state index in [-0.39, 0.29) is 30.4 Å². The maximum atomic E-state index is 13.5. The Kier molecular flexibility index (Phi) is 11.8. The maximum absolute atomic E-state index is 13.5.